The average Bonchev–Trinajstić information content (AvgIpc) is 1.12. The first-order chi connectivity index (χ1) is 42.1. The average molecular weight is 1210 g/mol. The van der Waals surface area contributed by atoms with Gasteiger partial charge in [-0.1, -0.05) is 12.1 Å². The number of carbonyl (C=O) groups excluding carboxylic acids is 4. The standard InChI is InChI=1S/C34H44N4O7.C32H39N3O8/c1-23-19-27(32(40)35(5)42-6)26-8-10-31(39)37(28(26)20-23)16-15-36-13-11-25(12-14-36)38(33(41)45-34(2,3)4)22-24-7-9-29-30(21-24)44-18-17-43-29;1-32(2,3)43-31(38)35(20-22-5-7-27-29(17-22)41-16-15-40-27)23-9-11-33(12-10-23)13-14-34-26-18-24(39-4)19-28(42-21-36)25(26)6-8-30(34)37/h7-10,19-21,25H,11-18,22H2,1-6H3;5-8,17-19,21,23H,9-16,20H2,1-4H3. The van der Waals surface area contributed by atoms with Gasteiger partial charge in [0.25, 0.3) is 23.5 Å². The Hall–Kier alpha value is -8.34. The fraction of sp³-hybridized carbons (Fsp3) is 0.485. The van der Waals surface area contributed by atoms with E-state index in [1.54, 1.807) is 40.4 Å². The Balaban J connectivity index is 0.000000210. The quantitative estimate of drug-likeness (QED) is 0.0616. The molecule has 6 heterocycles. The van der Waals surface area contributed by atoms with Crippen LogP contribution in [0.1, 0.15) is 94.3 Å². The number of hydroxylamine groups is 2. The highest BCUT2D eigenvalue weighted by Crippen LogP contribution is 2.35. The van der Waals surface area contributed by atoms with Crippen molar-refractivity contribution in [3.63, 3.8) is 0 Å². The molecule has 472 valence electrons. The zero-order valence-corrected chi connectivity index (χ0v) is 52.3. The predicted octanol–water partition coefficient (Wildman–Crippen LogP) is 8.83. The molecule has 4 aromatic carbocycles. The highest BCUT2D eigenvalue weighted by atomic mass is 16.7. The zero-order valence-electron chi connectivity index (χ0n) is 52.3. The summed E-state index contributed by atoms with van der Waals surface area (Å²) in [6.07, 6.45) is 2.40. The summed E-state index contributed by atoms with van der Waals surface area (Å²) in [5.74, 6) is 3.36. The molecule has 4 aliphatic rings. The fourth-order valence-corrected chi connectivity index (χ4v) is 11.5. The van der Waals surface area contributed by atoms with Gasteiger partial charge in [0.2, 0.25) is 0 Å². The molecule has 2 saturated heterocycles. The van der Waals surface area contributed by atoms with E-state index in [4.69, 9.17) is 42.7 Å². The molecular weight excluding hydrogens is 1130 g/mol. The van der Waals surface area contributed by atoms with Gasteiger partial charge in [0.1, 0.15) is 49.1 Å². The van der Waals surface area contributed by atoms with E-state index in [0.29, 0.717) is 129 Å². The second-order valence-electron chi connectivity index (χ2n) is 24.5. The van der Waals surface area contributed by atoms with E-state index in [9.17, 15) is 28.8 Å². The van der Waals surface area contributed by atoms with Crippen molar-refractivity contribution in [3.8, 4) is 34.5 Å². The van der Waals surface area contributed by atoms with Crippen LogP contribution in [0.5, 0.6) is 34.5 Å². The van der Waals surface area contributed by atoms with Gasteiger partial charge in [-0.3, -0.25) is 24.0 Å². The molecule has 2 fully saturated rings. The van der Waals surface area contributed by atoms with Crippen LogP contribution in [0.15, 0.2) is 94.5 Å². The maximum Gasteiger partial charge on any atom is 0.410 e. The third kappa shape index (κ3) is 16.0. The molecule has 22 nitrogen and oxygen atoms in total. The molecule has 2 aromatic heterocycles. The number of aromatic nitrogens is 2. The van der Waals surface area contributed by atoms with Crippen LogP contribution in [0.25, 0.3) is 21.8 Å². The highest BCUT2D eigenvalue weighted by Gasteiger charge is 2.34. The van der Waals surface area contributed by atoms with Crippen LogP contribution in [-0.2, 0) is 45.3 Å². The number of piperidine rings is 2. The van der Waals surface area contributed by atoms with Crippen LogP contribution in [0.2, 0.25) is 0 Å². The SMILES string of the molecule is CON(C)C(=O)c1cc(C)cc2c1ccc(=O)n2CCN1CCC(N(Cc2ccc3c(c2)OCCO3)C(=O)OC(C)(C)C)CC1.COc1cc(OC=O)c2ccc(=O)n(CCN3CCC(N(Cc4ccc5c(c4)OCCO5)C(=O)OC(C)(C)C)CC3)c2c1. The molecule has 4 aliphatic heterocycles. The van der Waals surface area contributed by atoms with Crippen LogP contribution in [0.4, 0.5) is 9.59 Å². The van der Waals surface area contributed by atoms with Crippen molar-refractivity contribution in [3.05, 3.63) is 128 Å². The molecule has 88 heavy (non-hydrogen) atoms. The Morgan fingerprint density at radius 1 is 0.580 bits per heavy atom. The molecule has 0 unspecified atom stereocenters. The van der Waals surface area contributed by atoms with Gasteiger partial charge in [-0.15, -0.1) is 0 Å². The molecule has 0 aliphatic carbocycles. The number of rotatable bonds is 17. The van der Waals surface area contributed by atoms with Crippen LogP contribution >= 0.6 is 0 Å². The molecule has 0 N–H and O–H groups in total. The van der Waals surface area contributed by atoms with Crippen molar-refractivity contribution < 1.29 is 61.9 Å². The highest BCUT2D eigenvalue weighted by molar-refractivity contribution is 6.06. The maximum absolute atomic E-state index is 13.4. The summed E-state index contributed by atoms with van der Waals surface area (Å²) in [5, 5.41) is 2.54. The van der Waals surface area contributed by atoms with Crippen LogP contribution in [0.3, 0.4) is 0 Å². The largest absolute Gasteiger partial charge is 0.497 e. The van der Waals surface area contributed by atoms with Gasteiger partial charge < -0.3 is 66.6 Å². The van der Waals surface area contributed by atoms with Gasteiger partial charge >= 0.3 is 12.2 Å². The van der Waals surface area contributed by atoms with Gasteiger partial charge in [0.05, 0.1) is 30.8 Å². The van der Waals surface area contributed by atoms with Crippen LogP contribution in [0, 0.1) is 6.92 Å². The monoisotopic (exact) mass is 1210 g/mol. The number of hydrogen-bond acceptors (Lipinski definition) is 17. The number of amides is 3. The number of hydrogen-bond donors (Lipinski definition) is 0. The van der Waals surface area contributed by atoms with E-state index in [0.717, 1.165) is 74.1 Å². The molecule has 0 saturated carbocycles. The van der Waals surface area contributed by atoms with Gasteiger partial charge in [-0.2, -0.15) is 0 Å². The minimum absolute atomic E-state index is 0.00132. The summed E-state index contributed by atoms with van der Waals surface area (Å²) >= 11 is 0. The molecular formula is C66H83N7O15. The number of fused-ring (bicyclic) bond motifs is 4. The summed E-state index contributed by atoms with van der Waals surface area (Å²) in [5.41, 5.74) is 3.13. The lowest BCUT2D eigenvalue weighted by atomic mass is 10.0. The van der Waals surface area contributed by atoms with Crippen molar-refractivity contribution in [1.82, 2.24) is 33.8 Å². The predicted molar refractivity (Wildman–Crippen MR) is 331 cm³/mol. The first kappa shape index (κ1) is 64.1. The molecule has 0 radical (unpaired) electrons. The smallest absolute Gasteiger partial charge is 0.410 e. The summed E-state index contributed by atoms with van der Waals surface area (Å²) in [6.45, 7) is 21.6. The third-order valence-electron chi connectivity index (χ3n) is 15.9. The lowest BCUT2D eigenvalue weighted by Crippen LogP contribution is -2.49. The maximum atomic E-state index is 13.4. The molecule has 0 atom stereocenters. The molecule has 22 heteroatoms. The Bertz CT molecular complexity index is 3590. The van der Waals surface area contributed by atoms with E-state index < -0.39 is 11.2 Å². The van der Waals surface area contributed by atoms with Crippen molar-refractivity contribution in [2.24, 2.45) is 0 Å². The number of benzene rings is 4. The lowest BCUT2D eigenvalue weighted by molar-refractivity contribution is -0.120. The Morgan fingerprint density at radius 3 is 1.48 bits per heavy atom. The van der Waals surface area contributed by atoms with E-state index in [2.05, 4.69) is 9.80 Å². The summed E-state index contributed by atoms with van der Waals surface area (Å²) in [4.78, 5) is 90.2. The first-order valence-corrected chi connectivity index (χ1v) is 30.1. The molecule has 0 bridgehead atoms. The van der Waals surface area contributed by atoms with Crippen molar-refractivity contribution in [1.29, 1.82) is 0 Å². The summed E-state index contributed by atoms with van der Waals surface area (Å²) in [7, 11) is 4.53. The van der Waals surface area contributed by atoms with Crippen LogP contribution < -0.4 is 39.5 Å². The summed E-state index contributed by atoms with van der Waals surface area (Å²) in [6, 6.07) is 25.1. The number of likely N-dealkylation sites (tertiary alicyclic amines) is 2. The van der Waals surface area contributed by atoms with Crippen molar-refractivity contribution >= 4 is 46.4 Å². The lowest BCUT2D eigenvalue weighted by Gasteiger charge is -2.39. The second-order valence-corrected chi connectivity index (χ2v) is 24.5. The van der Waals surface area contributed by atoms with Crippen molar-refractivity contribution in [2.45, 2.75) is 124 Å². The van der Waals surface area contributed by atoms with Gasteiger partial charge in [-0.05, 0) is 139 Å². The summed E-state index contributed by atoms with van der Waals surface area (Å²) < 4.78 is 48.4. The number of aryl methyl sites for hydroxylation is 1. The molecule has 10 rings (SSSR count). The Morgan fingerprint density at radius 2 is 1.03 bits per heavy atom. The molecule has 6 aromatic rings. The van der Waals surface area contributed by atoms with Gasteiger partial charge in [0.15, 0.2) is 23.0 Å². The van der Waals surface area contributed by atoms with Crippen molar-refractivity contribution in [2.75, 3.05) is 87.0 Å². The van der Waals surface area contributed by atoms with Gasteiger partial charge in [0, 0.05) is 120 Å². The number of pyridine rings is 2. The van der Waals surface area contributed by atoms with E-state index in [1.807, 2.05) is 107 Å². The van der Waals surface area contributed by atoms with E-state index in [1.165, 1.54) is 31.4 Å². The van der Waals surface area contributed by atoms with Crippen LogP contribution in [-0.4, -0.2) is 169 Å². The minimum Gasteiger partial charge on any atom is -0.497 e. The Kier molecular flexibility index (Phi) is 20.6. The van der Waals surface area contributed by atoms with E-state index in [-0.39, 0.29) is 41.3 Å². The first-order valence-electron chi connectivity index (χ1n) is 30.1. The normalized spacial score (nSPS) is 15.6. The van der Waals surface area contributed by atoms with Gasteiger partial charge in [-0.25, -0.2) is 14.7 Å². The minimum atomic E-state index is -0.617. The number of carbonyl (C=O) groups is 4. The number of nitrogens with zero attached hydrogens (tertiary/aromatic N) is 7. The Labute approximate surface area is 513 Å². The zero-order chi connectivity index (χ0) is 62.9. The van der Waals surface area contributed by atoms with E-state index >= 15 is 0 Å². The number of ether oxygens (including phenoxy) is 8. The fourth-order valence-electron chi connectivity index (χ4n) is 11.5. The topological polar surface area (TPSA) is 212 Å². The number of methoxy groups -OCH3 is 1. The molecule has 0 spiro atoms. The third-order valence-corrected chi connectivity index (χ3v) is 15.9. The molecule has 3 amide bonds. The second kappa shape index (κ2) is 28.2.